The number of nitrogens with zero attached hydrogens (tertiary/aromatic N) is 2. The Hall–Kier alpha value is -1.75. The van der Waals surface area contributed by atoms with Crippen LogP contribution in [0.4, 0.5) is 5.95 Å². The first-order valence-electron chi connectivity index (χ1n) is 5.37. The molecule has 2 rings (SSSR count). The van der Waals surface area contributed by atoms with Crippen molar-refractivity contribution in [3.63, 3.8) is 0 Å². The highest BCUT2D eigenvalue weighted by molar-refractivity contribution is 6.31. The maximum Gasteiger partial charge on any atom is 0.274 e. The third-order valence-electron chi connectivity index (χ3n) is 2.29. The molecular formula is C11H13ClN4O. The summed E-state index contributed by atoms with van der Waals surface area (Å²) >= 11 is 5.90. The minimum atomic E-state index is -0.222. The van der Waals surface area contributed by atoms with E-state index < -0.39 is 0 Å². The van der Waals surface area contributed by atoms with Gasteiger partial charge in [0.15, 0.2) is 0 Å². The van der Waals surface area contributed by atoms with Gasteiger partial charge in [-0.15, -0.1) is 0 Å². The molecular weight excluding hydrogens is 240 g/mol. The minimum Gasteiger partial charge on any atom is -0.342 e. The van der Waals surface area contributed by atoms with Crippen LogP contribution in [0, 0.1) is 0 Å². The molecule has 0 aliphatic heterocycles. The van der Waals surface area contributed by atoms with E-state index in [1.807, 2.05) is 11.5 Å². The number of hydrogen-bond donors (Lipinski definition) is 2. The molecule has 17 heavy (non-hydrogen) atoms. The number of hydrogen-bond acceptors (Lipinski definition) is 2. The van der Waals surface area contributed by atoms with Crippen molar-refractivity contribution in [1.29, 1.82) is 0 Å². The van der Waals surface area contributed by atoms with E-state index in [1.54, 1.807) is 24.7 Å². The first-order valence-corrected chi connectivity index (χ1v) is 5.75. The highest BCUT2D eigenvalue weighted by atomic mass is 35.5. The summed E-state index contributed by atoms with van der Waals surface area (Å²) in [6.45, 7) is 2.80. The zero-order chi connectivity index (χ0) is 12.3. The third-order valence-corrected chi connectivity index (χ3v) is 2.50. The number of amides is 1. The fourth-order valence-corrected chi connectivity index (χ4v) is 1.82. The molecule has 90 valence electrons. The molecule has 2 N–H and O–H groups in total. The van der Waals surface area contributed by atoms with E-state index in [0.29, 0.717) is 16.7 Å². The van der Waals surface area contributed by atoms with E-state index in [9.17, 15) is 4.79 Å². The van der Waals surface area contributed by atoms with E-state index in [0.717, 1.165) is 13.0 Å². The summed E-state index contributed by atoms with van der Waals surface area (Å²) in [5, 5.41) is 3.22. The van der Waals surface area contributed by atoms with Crippen molar-refractivity contribution >= 4 is 23.5 Å². The molecule has 0 fully saturated rings. The number of rotatable bonds is 4. The Bertz CT molecular complexity index is 504. The van der Waals surface area contributed by atoms with E-state index in [1.165, 1.54) is 0 Å². The largest absolute Gasteiger partial charge is 0.342 e. The molecule has 2 aromatic rings. The Balaban J connectivity index is 2.18. The predicted octanol–water partition coefficient (Wildman–Crippen LogP) is 2.53. The zero-order valence-corrected chi connectivity index (χ0v) is 10.2. The molecule has 0 radical (unpaired) electrons. The second-order valence-electron chi connectivity index (χ2n) is 3.63. The number of carbonyl (C=O) groups excluding carboxylic acids is 1. The molecule has 0 atom stereocenters. The molecule has 0 saturated heterocycles. The number of H-pyrrole nitrogens is 1. The number of aromatic amines is 1. The van der Waals surface area contributed by atoms with Crippen LogP contribution in [0.5, 0.6) is 0 Å². The highest BCUT2D eigenvalue weighted by Gasteiger charge is 2.13. The van der Waals surface area contributed by atoms with Crippen molar-refractivity contribution in [2.75, 3.05) is 5.32 Å². The van der Waals surface area contributed by atoms with Gasteiger partial charge in [-0.25, -0.2) is 4.98 Å². The van der Waals surface area contributed by atoms with Crippen LogP contribution in [-0.2, 0) is 6.54 Å². The Morgan fingerprint density at radius 2 is 2.47 bits per heavy atom. The lowest BCUT2D eigenvalue weighted by atomic mass is 10.4. The van der Waals surface area contributed by atoms with E-state index in [-0.39, 0.29) is 5.91 Å². The molecule has 0 aliphatic carbocycles. The average Bonchev–Trinajstić information content (AvgIpc) is 2.88. The molecule has 5 nitrogen and oxygen atoms in total. The van der Waals surface area contributed by atoms with Crippen LogP contribution in [-0.4, -0.2) is 20.4 Å². The quantitative estimate of drug-likeness (QED) is 0.878. The standard InChI is InChI=1S/C11H13ClN4O/c1-2-5-16-7-8(12)6-9(16)10(17)15-11-13-3-4-14-11/h3-4,6-7H,2,5H2,1H3,(H2,13,14,15,17). The maximum absolute atomic E-state index is 12.0. The van der Waals surface area contributed by atoms with Crippen LogP contribution in [0.3, 0.4) is 0 Å². The topological polar surface area (TPSA) is 62.7 Å². The van der Waals surface area contributed by atoms with Gasteiger partial charge in [0, 0.05) is 25.1 Å². The second-order valence-corrected chi connectivity index (χ2v) is 4.07. The van der Waals surface area contributed by atoms with Crippen LogP contribution >= 0.6 is 11.6 Å². The lowest BCUT2D eigenvalue weighted by molar-refractivity contribution is 0.101. The summed E-state index contributed by atoms with van der Waals surface area (Å²) < 4.78 is 1.83. The SMILES string of the molecule is CCCn1cc(Cl)cc1C(=O)Nc1ncc[nH]1. The van der Waals surface area contributed by atoms with Crippen molar-refractivity contribution in [3.05, 3.63) is 35.4 Å². The van der Waals surface area contributed by atoms with Crippen LogP contribution in [0.1, 0.15) is 23.8 Å². The third kappa shape index (κ3) is 2.68. The molecule has 0 saturated carbocycles. The van der Waals surface area contributed by atoms with Crippen LogP contribution in [0.15, 0.2) is 24.7 Å². The van der Waals surface area contributed by atoms with Crippen molar-refractivity contribution in [2.45, 2.75) is 19.9 Å². The lowest BCUT2D eigenvalue weighted by Gasteiger charge is -2.06. The van der Waals surface area contributed by atoms with Gasteiger partial charge in [0.05, 0.1) is 5.02 Å². The Kier molecular flexibility index (Phi) is 3.49. The normalized spacial score (nSPS) is 10.5. The van der Waals surface area contributed by atoms with Gasteiger partial charge < -0.3 is 9.55 Å². The fraction of sp³-hybridized carbons (Fsp3) is 0.273. The number of aromatic nitrogens is 3. The van der Waals surface area contributed by atoms with E-state index in [2.05, 4.69) is 15.3 Å². The van der Waals surface area contributed by atoms with Crippen LogP contribution < -0.4 is 5.32 Å². The van der Waals surface area contributed by atoms with Gasteiger partial charge in [0.1, 0.15) is 5.69 Å². The Morgan fingerprint density at radius 1 is 1.65 bits per heavy atom. The summed E-state index contributed by atoms with van der Waals surface area (Å²) in [5.74, 6) is 0.204. The fourth-order valence-electron chi connectivity index (χ4n) is 1.60. The molecule has 0 bridgehead atoms. The van der Waals surface area contributed by atoms with Gasteiger partial charge in [-0.05, 0) is 12.5 Å². The first kappa shape index (κ1) is 11.7. The van der Waals surface area contributed by atoms with Crippen LogP contribution in [0.2, 0.25) is 5.02 Å². The van der Waals surface area contributed by atoms with Gasteiger partial charge >= 0.3 is 0 Å². The van der Waals surface area contributed by atoms with Crippen molar-refractivity contribution in [1.82, 2.24) is 14.5 Å². The second kappa shape index (κ2) is 5.05. The number of nitrogens with one attached hydrogen (secondary N) is 2. The average molecular weight is 253 g/mol. The van der Waals surface area contributed by atoms with Gasteiger partial charge in [0.25, 0.3) is 5.91 Å². The van der Waals surface area contributed by atoms with Gasteiger partial charge in [0.2, 0.25) is 5.95 Å². The molecule has 0 spiro atoms. The highest BCUT2D eigenvalue weighted by Crippen LogP contribution is 2.15. The summed E-state index contributed by atoms with van der Waals surface area (Å²) in [5.41, 5.74) is 0.535. The minimum absolute atomic E-state index is 0.222. The summed E-state index contributed by atoms with van der Waals surface area (Å²) in [7, 11) is 0. The van der Waals surface area contributed by atoms with Gasteiger partial charge in [-0.3, -0.25) is 10.1 Å². The van der Waals surface area contributed by atoms with E-state index >= 15 is 0 Å². The Morgan fingerprint density at radius 3 is 3.12 bits per heavy atom. The number of anilines is 1. The van der Waals surface area contributed by atoms with Crippen LogP contribution in [0.25, 0.3) is 0 Å². The molecule has 2 heterocycles. The predicted molar refractivity (Wildman–Crippen MR) is 66.3 cm³/mol. The number of carbonyl (C=O) groups is 1. The number of imidazole rings is 1. The Labute approximate surface area is 104 Å². The van der Waals surface area contributed by atoms with Crippen molar-refractivity contribution in [2.24, 2.45) is 0 Å². The monoisotopic (exact) mass is 252 g/mol. The molecule has 2 aromatic heterocycles. The molecule has 0 unspecified atom stereocenters. The van der Waals surface area contributed by atoms with E-state index in [4.69, 9.17) is 11.6 Å². The maximum atomic E-state index is 12.0. The molecule has 0 aliphatic rings. The summed E-state index contributed by atoms with van der Waals surface area (Å²) in [6.07, 6.45) is 5.91. The number of halogens is 1. The lowest BCUT2D eigenvalue weighted by Crippen LogP contribution is -2.17. The zero-order valence-electron chi connectivity index (χ0n) is 9.40. The molecule has 1 amide bonds. The van der Waals surface area contributed by atoms with Crippen molar-refractivity contribution < 1.29 is 4.79 Å². The summed E-state index contributed by atoms with van der Waals surface area (Å²) in [6, 6.07) is 1.65. The molecule has 0 aromatic carbocycles. The number of aryl methyl sites for hydroxylation is 1. The first-order chi connectivity index (χ1) is 8.20. The summed E-state index contributed by atoms with van der Waals surface area (Å²) in [4.78, 5) is 18.7. The van der Waals surface area contributed by atoms with Crippen molar-refractivity contribution in [3.8, 4) is 0 Å². The van der Waals surface area contributed by atoms with Gasteiger partial charge in [-0.2, -0.15) is 0 Å². The smallest absolute Gasteiger partial charge is 0.274 e. The van der Waals surface area contributed by atoms with Gasteiger partial charge in [-0.1, -0.05) is 18.5 Å². The molecule has 6 heteroatoms.